The summed E-state index contributed by atoms with van der Waals surface area (Å²) in [5.41, 5.74) is 0. The van der Waals surface area contributed by atoms with Crippen LogP contribution >= 0.6 is 12.2 Å². The lowest BCUT2D eigenvalue weighted by molar-refractivity contribution is -0.142. The summed E-state index contributed by atoms with van der Waals surface area (Å²) in [6, 6.07) is 0. The summed E-state index contributed by atoms with van der Waals surface area (Å²) in [6.45, 7) is 6.70. The van der Waals surface area contributed by atoms with Crippen LogP contribution in [0.3, 0.4) is 0 Å². The predicted molar refractivity (Wildman–Crippen MR) is 73.4 cm³/mol. The van der Waals surface area contributed by atoms with Gasteiger partial charge in [-0.1, -0.05) is 0 Å². The number of hydrogen-bond donors (Lipinski definition) is 1. The van der Waals surface area contributed by atoms with E-state index in [1.807, 2.05) is 11.8 Å². The topological polar surface area (TPSA) is 44.8 Å². The average molecular weight is 271 g/mol. The van der Waals surface area contributed by atoms with Crippen LogP contribution in [0, 0.1) is 0 Å². The molecule has 0 aromatic rings. The highest BCUT2D eigenvalue weighted by molar-refractivity contribution is 7.80. The van der Waals surface area contributed by atoms with E-state index in [0.717, 1.165) is 57.3 Å². The third-order valence-corrected chi connectivity index (χ3v) is 3.81. The first kappa shape index (κ1) is 13.5. The molecule has 1 atom stereocenters. The van der Waals surface area contributed by atoms with Crippen LogP contribution in [0.15, 0.2) is 0 Å². The maximum atomic E-state index is 12.1. The Balaban J connectivity index is 1.79. The van der Waals surface area contributed by atoms with E-state index >= 15 is 0 Å². The van der Waals surface area contributed by atoms with Gasteiger partial charge < -0.3 is 19.9 Å². The number of hydrogen-bond acceptors (Lipinski definition) is 3. The zero-order valence-electron chi connectivity index (χ0n) is 10.9. The Morgan fingerprint density at radius 2 is 2.00 bits per heavy atom. The molecule has 2 rings (SSSR count). The van der Waals surface area contributed by atoms with Crippen LogP contribution in [0.5, 0.6) is 0 Å². The molecule has 0 aromatic heterocycles. The lowest BCUT2D eigenvalue weighted by Gasteiger charge is -2.37. The van der Waals surface area contributed by atoms with Crippen molar-refractivity contribution in [2.45, 2.75) is 25.9 Å². The van der Waals surface area contributed by atoms with E-state index in [2.05, 4.69) is 10.2 Å². The maximum Gasteiger partial charge on any atom is 0.251 e. The van der Waals surface area contributed by atoms with E-state index in [1.54, 1.807) is 0 Å². The Labute approximate surface area is 113 Å². The lowest BCUT2D eigenvalue weighted by atomic mass is 10.2. The molecule has 18 heavy (non-hydrogen) atoms. The van der Waals surface area contributed by atoms with E-state index in [-0.39, 0.29) is 12.0 Å². The first-order chi connectivity index (χ1) is 8.72. The van der Waals surface area contributed by atoms with Gasteiger partial charge in [-0.25, -0.2) is 0 Å². The highest BCUT2D eigenvalue weighted by Gasteiger charge is 2.30. The van der Waals surface area contributed by atoms with E-state index in [0.29, 0.717) is 0 Å². The molecular weight excluding hydrogens is 250 g/mol. The summed E-state index contributed by atoms with van der Waals surface area (Å²) in [7, 11) is 0. The minimum atomic E-state index is -0.197. The maximum absolute atomic E-state index is 12.1. The molecule has 0 aliphatic carbocycles. The third kappa shape index (κ3) is 3.11. The fourth-order valence-corrected chi connectivity index (χ4v) is 2.70. The van der Waals surface area contributed by atoms with Gasteiger partial charge in [0.25, 0.3) is 5.91 Å². The third-order valence-electron chi connectivity index (χ3n) is 3.41. The van der Waals surface area contributed by atoms with Crippen LogP contribution in [0.25, 0.3) is 0 Å². The Bertz CT molecular complexity index is 310. The second-order valence-electron chi connectivity index (χ2n) is 4.65. The van der Waals surface area contributed by atoms with Gasteiger partial charge in [0, 0.05) is 39.3 Å². The largest absolute Gasteiger partial charge is 0.368 e. The molecule has 0 aromatic carbocycles. The molecule has 0 bridgehead atoms. The number of carbonyl (C=O) groups is 1. The van der Waals surface area contributed by atoms with Gasteiger partial charge in [-0.15, -0.1) is 0 Å². The molecule has 1 amide bonds. The van der Waals surface area contributed by atoms with Crippen molar-refractivity contribution in [3.63, 3.8) is 0 Å². The van der Waals surface area contributed by atoms with Crippen LogP contribution in [-0.2, 0) is 9.53 Å². The molecule has 0 radical (unpaired) electrons. The Morgan fingerprint density at radius 1 is 1.33 bits per heavy atom. The van der Waals surface area contributed by atoms with Crippen molar-refractivity contribution >= 4 is 23.2 Å². The normalized spacial score (nSPS) is 24.2. The Morgan fingerprint density at radius 3 is 2.56 bits per heavy atom. The van der Waals surface area contributed by atoms with Crippen molar-refractivity contribution in [1.29, 1.82) is 0 Å². The van der Waals surface area contributed by atoms with Crippen molar-refractivity contribution < 1.29 is 9.53 Å². The number of thiocarbonyl (C=S) groups is 1. The quantitative estimate of drug-likeness (QED) is 0.727. The van der Waals surface area contributed by atoms with Gasteiger partial charge in [-0.2, -0.15) is 0 Å². The van der Waals surface area contributed by atoms with Crippen molar-refractivity contribution in [2.24, 2.45) is 0 Å². The second kappa shape index (κ2) is 6.33. The van der Waals surface area contributed by atoms with E-state index in [9.17, 15) is 4.79 Å². The van der Waals surface area contributed by atoms with Crippen molar-refractivity contribution in [2.75, 3.05) is 39.3 Å². The van der Waals surface area contributed by atoms with E-state index < -0.39 is 0 Å². The van der Waals surface area contributed by atoms with Crippen LogP contribution in [-0.4, -0.2) is 66.3 Å². The predicted octanol–water partition coefficient (Wildman–Crippen LogP) is 0.204. The number of rotatable bonds is 2. The average Bonchev–Trinajstić information content (AvgIpc) is 2.92. The summed E-state index contributed by atoms with van der Waals surface area (Å²) in [4.78, 5) is 16.2. The second-order valence-corrected chi connectivity index (χ2v) is 5.04. The molecule has 6 heteroatoms. The summed E-state index contributed by atoms with van der Waals surface area (Å²) >= 11 is 5.27. The molecule has 0 saturated carbocycles. The monoisotopic (exact) mass is 271 g/mol. The molecule has 0 spiro atoms. The fraction of sp³-hybridized carbons (Fsp3) is 0.833. The summed E-state index contributed by atoms with van der Waals surface area (Å²) < 4.78 is 5.44. The van der Waals surface area contributed by atoms with E-state index in [1.165, 1.54) is 0 Å². The lowest BCUT2D eigenvalue weighted by Crippen LogP contribution is -2.54. The van der Waals surface area contributed by atoms with E-state index in [4.69, 9.17) is 17.0 Å². The zero-order valence-corrected chi connectivity index (χ0v) is 11.7. The molecular formula is C12H21N3O2S. The number of carbonyl (C=O) groups excluding carboxylic acids is 1. The molecule has 2 heterocycles. The van der Waals surface area contributed by atoms with Gasteiger partial charge >= 0.3 is 0 Å². The first-order valence-electron chi connectivity index (χ1n) is 6.65. The van der Waals surface area contributed by atoms with Gasteiger partial charge in [0.05, 0.1) is 0 Å². The fourth-order valence-electron chi connectivity index (χ4n) is 2.37. The number of nitrogens with one attached hydrogen (secondary N) is 1. The highest BCUT2D eigenvalue weighted by Crippen LogP contribution is 2.15. The van der Waals surface area contributed by atoms with Gasteiger partial charge in [0.2, 0.25) is 0 Å². The van der Waals surface area contributed by atoms with Gasteiger partial charge in [0.15, 0.2) is 5.11 Å². The van der Waals surface area contributed by atoms with Gasteiger partial charge in [-0.05, 0) is 32.0 Å². The summed E-state index contributed by atoms with van der Waals surface area (Å²) in [6.07, 6.45) is 1.67. The number of nitrogens with zero attached hydrogens (tertiary/aromatic N) is 2. The Hall–Kier alpha value is -0.880. The number of piperazine rings is 1. The van der Waals surface area contributed by atoms with Gasteiger partial charge in [-0.3, -0.25) is 4.79 Å². The molecule has 2 aliphatic heterocycles. The number of amides is 1. The molecule has 5 nitrogen and oxygen atoms in total. The highest BCUT2D eigenvalue weighted by atomic mass is 32.1. The molecule has 0 unspecified atom stereocenters. The molecule has 102 valence electrons. The molecule has 1 N–H and O–H groups in total. The van der Waals surface area contributed by atoms with Crippen molar-refractivity contribution in [3.05, 3.63) is 0 Å². The van der Waals surface area contributed by atoms with Crippen molar-refractivity contribution in [1.82, 2.24) is 15.1 Å². The number of ether oxygens (including phenoxy) is 1. The molecule has 2 aliphatic rings. The summed E-state index contributed by atoms with van der Waals surface area (Å²) in [5, 5.41) is 3.94. The summed E-state index contributed by atoms with van der Waals surface area (Å²) in [5.74, 6) is 0.154. The van der Waals surface area contributed by atoms with Crippen molar-refractivity contribution in [3.8, 4) is 0 Å². The molecule has 2 fully saturated rings. The first-order valence-corrected chi connectivity index (χ1v) is 7.06. The Kier molecular flexibility index (Phi) is 4.77. The standard InChI is InChI=1S/C12H21N3O2S/c1-2-13-12(18)15-7-5-14(6-8-15)11(16)10-4-3-9-17-10/h10H,2-9H2,1H3,(H,13,18)/t10-/m0/s1. The SMILES string of the molecule is CCNC(=S)N1CCN(C(=O)[C@@H]2CCCO2)CC1. The smallest absolute Gasteiger partial charge is 0.251 e. The van der Waals surface area contributed by atoms with Crippen LogP contribution in [0.4, 0.5) is 0 Å². The molecule has 2 saturated heterocycles. The minimum Gasteiger partial charge on any atom is -0.368 e. The minimum absolute atomic E-state index is 0.154. The van der Waals surface area contributed by atoms with Crippen LogP contribution < -0.4 is 5.32 Å². The van der Waals surface area contributed by atoms with Crippen LogP contribution in [0.2, 0.25) is 0 Å². The zero-order chi connectivity index (χ0) is 13.0. The van der Waals surface area contributed by atoms with Crippen LogP contribution in [0.1, 0.15) is 19.8 Å². The van der Waals surface area contributed by atoms with Gasteiger partial charge in [0.1, 0.15) is 6.10 Å².